The van der Waals surface area contributed by atoms with Crippen molar-refractivity contribution in [3.05, 3.63) is 71.0 Å². The van der Waals surface area contributed by atoms with E-state index < -0.39 is 0 Å². The number of benzene rings is 2. The number of nitrogens with zero attached hydrogens (tertiary/aromatic N) is 3. The number of hydrogen-bond donors (Lipinski definition) is 1. The number of hydrogen-bond acceptors (Lipinski definition) is 4. The van der Waals surface area contributed by atoms with E-state index in [0.717, 1.165) is 17.0 Å². The third-order valence-corrected chi connectivity index (χ3v) is 4.07. The molecule has 0 fully saturated rings. The first-order valence-electron chi connectivity index (χ1n) is 8.51. The van der Waals surface area contributed by atoms with E-state index in [1.54, 1.807) is 4.68 Å². The van der Waals surface area contributed by atoms with Crippen LogP contribution in [0.25, 0.3) is 5.69 Å². The van der Waals surface area contributed by atoms with Gasteiger partial charge >= 0.3 is 0 Å². The number of carbonyl (C=O) groups is 1. The zero-order chi connectivity index (χ0) is 18.5. The molecule has 0 bridgehead atoms. The van der Waals surface area contributed by atoms with Gasteiger partial charge in [0.1, 0.15) is 12.4 Å². The molecule has 3 rings (SSSR count). The fourth-order valence-electron chi connectivity index (χ4n) is 2.52. The van der Waals surface area contributed by atoms with Gasteiger partial charge < -0.3 is 10.1 Å². The largest absolute Gasteiger partial charge is 0.492 e. The lowest BCUT2D eigenvalue weighted by atomic mass is 10.2. The average Bonchev–Trinajstić information content (AvgIpc) is 3.02. The highest BCUT2D eigenvalue weighted by molar-refractivity contribution is 5.93. The van der Waals surface area contributed by atoms with Crippen LogP contribution in [0.4, 0.5) is 0 Å². The first-order chi connectivity index (χ1) is 12.5. The Labute approximate surface area is 152 Å². The van der Waals surface area contributed by atoms with Crippen molar-refractivity contribution in [2.24, 2.45) is 0 Å². The molecule has 6 heteroatoms. The van der Waals surface area contributed by atoms with Crippen molar-refractivity contribution >= 4 is 5.91 Å². The van der Waals surface area contributed by atoms with Gasteiger partial charge in [0.05, 0.1) is 17.9 Å². The molecule has 1 N–H and O–H groups in total. The molecule has 1 aromatic heterocycles. The molecule has 0 aliphatic carbocycles. The average molecular weight is 350 g/mol. The van der Waals surface area contributed by atoms with Crippen molar-refractivity contribution in [2.45, 2.75) is 20.8 Å². The summed E-state index contributed by atoms with van der Waals surface area (Å²) in [6.07, 6.45) is 0. The first kappa shape index (κ1) is 17.7. The van der Waals surface area contributed by atoms with Gasteiger partial charge in [-0.25, -0.2) is 4.68 Å². The molecule has 3 aromatic rings. The first-order valence-corrected chi connectivity index (χ1v) is 8.51. The van der Waals surface area contributed by atoms with Crippen molar-refractivity contribution in [3.63, 3.8) is 0 Å². The van der Waals surface area contributed by atoms with Crippen LogP contribution in [0.3, 0.4) is 0 Å². The highest BCUT2D eigenvalue weighted by Gasteiger charge is 2.16. The van der Waals surface area contributed by atoms with Crippen molar-refractivity contribution in [1.29, 1.82) is 0 Å². The van der Waals surface area contributed by atoms with Gasteiger partial charge in [-0.15, -0.1) is 5.10 Å². The SMILES string of the molecule is Cc1ccc(OCCNC(=O)c2nnn(-c3ccc(C)cc3)c2C)cc1. The van der Waals surface area contributed by atoms with Gasteiger partial charge in [0, 0.05) is 0 Å². The molecule has 0 saturated carbocycles. The van der Waals surface area contributed by atoms with E-state index in [-0.39, 0.29) is 5.91 Å². The number of aryl methyl sites for hydroxylation is 2. The monoisotopic (exact) mass is 350 g/mol. The van der Waals surface area contributed by atoms with Crippen LogP contribution in [-0.2, 0) is 0 Å². The molecule has 0 radical (unpaired) electrons. The standard InChI is InChI=1S/C20H22N4O2/c1-14-4-8-17(9-5-14)24-16(3)19(22-23-24)20(25)21-12-13-26-18-10-6-15(2)7-11-18/h4-11H,12-13H2,1-3H3,(H,21,25). The van der Waals surface area contributed by atoms with Crippen LogP contribution in [0.15, 0.2) is 48.5 Å². The molecule has 6 nitrogen and oxygen atoms in total. The second-order valence-corrected chi connectivity index (χ2v) is 6.19. The van der Waals surface area contributed by atoms with E-state index in [9.17, 15) is 4.79 Å². The molecule has 0 aliphatic rings. The van der Waals surface area contributed by atoms with E-state index in [2.05, 4.69) is 15.6 Å². The molecule has 0 saturated heterocycles. The normalized spacial score (nSPS) is 10.6. The summed E-state index contributed by atoms with van der Waals surface area (Å²) in [5.74, 6) is 0.528. The predicted octanol–water partition coefficient (Wildman–Crippen LogP) is 3.00. The fourth-order valence-corrected chi connectivity index (χ4v) is 2.52. The van der Waals surface area contributed by atoms with Gasteiger partial charge in [-0.05, 0) is 45.0 Å². The Bertz CT molecular complexity index is 883. The zero-order valence-corrected chi connectivity index (χ0v) is 15.2. The summed E-state index contributed by atoms with van der Waals surface area (Å²) in [5.41, 5.74) is 4.24. The van der Waals surface area contributed by atoms with Crippen LogP contribution in [-0.4, -0.2) is 34.1 Å². The van der Waals surface area contributed by atoms with Gasteiger partial charge in [0.25, 0.3) is 5.91 Å². The predicted molar refractivity (Wildman–Crippen MR) is 99.8 cm³/mol. The van der Waals surface area contributed by atoms with Crippen LogP contribution in [0, 0.1) is 20.8 Å². The summed E-state index contributed by atoms with van der Waals surface area (Å²) in [5, 5.41) is 10.9. The van der Waals surface area contributed by atoms with Gasteiger partial charge in [0.15, 0.2) is 5.69 Å². The van der Waals surface area contributed by atoms with E-state index in [1.807, 2.05) is 69.3 Å². The number of amides is 1. The minimum atomic E-state index is -0.256. The Morgan fingerprint density at radius 2 is 1.62 bits per heavy atom. The van der Waals surface area contributed by atoms with Crippen LogP contribution < -0.4 is 10.1 Å². The Morgan fingerprint density at radius 1 is 1.00 bits per heavy atom. The van der Waals surface area contributed by atoms with Crippen molar-refractivity contribution < 1.29 is 9.53 Å². The van der Waals surface area contributed by atoms with Crippen molar-refractivity contribution in [2.75, 3.05) is 13.2 Å². The molecule has 2 aromatic carbocycles. The van der Waals surface area contributed by atoms with Crippen molar-refractivity contribution in [1.82, 2.24) is 20.3 Å². The molecule has 26 heavy (non-hydrogen) atoms. The zero-order valence-electron chi connectivity index (χ0n) is 15.2. The second kappa shape index (κ2) is 7.82. The van der Waals surface area contributed by atoms with E-state index in [4.69, 9.17) is 4.74 Å². The van der Waals surface area contributed by atoms with E-state index in [1.165, 1.54) is 5.56 Å². The van der Waals surface area contributed by atoms with Gasteiger partial charge in [0.2, 0.25) is 0 Å². The fraction of sp³-hybridized carbons (Fsp3) is 0.250. The summed E-state index contributed by atoms with van der Waals surface area (Å²) in [6, 6.07) is 15.7. The summed E-state index contributed by atoms with van der Waals surface area (Å²) < 4.78 is 7.27. The van der Waals surface area contributed by atoms with Gasteiger partial charge in [-0.2, -0.15) is 0 Å². The summed E-state index contributed by atoms with van der Waals surface area (Å²) in [6.45, 7) is 6.66. The molecule has 0 aliphatic heterocycles. The minimum Gasteiger partial charge on any atom is -0.492 e. The Hall–Kier alpha value is -3.15. The van der Waals surface area contributed by atoms with Gasteiger partial charge in [-0.1, -0.05) is 40.6 Å². The number of nitrogens with one attached hydrogen (secondary N) is 1. The van der Waals surface area contributed by atoms with Crippen LogP contribution >= 0.6 is 0 Å². The molecule has 1 heterocycles. The maximum Gasteiger partial charge on any atom is 0.273 e. The summed E-state index contributed by atoms with van der Waals surface area (Å²) in [4.78, 5) is 12.3. The molecule has 1 amide bonds. The lowest BCUT2D eigenvalue weighted by molar-refractivity contribution is 0.0941. The van der Waals surface area contributed by atoms with Crippen LogP contribution in [0.1, 0.15) is 27.3 Å². The molecule has 0 spiro atoms. The minimum absolute atomic E-state index is 0.256. The second-order valence-electron chi connectivity index (χ2n) is 6.19. The maximum atomic E-state index is 12.3. The number of ether oxygens (including phenoxy) is 1. The Kier molecular flexibility index (Phi) is 5.31. The van der Waals surface area contributed by atoms with E-state index in [0.29, 0.717) is 24.5 Å². The molecule has 0 unspecified atom stereocenters. The smallest absolute Gasteiger partial charge is 0.273 e. The molecule has 0 atom stereocenters. The highest BCUT2D eigenvalue weighted by Crippen LogP contribution is 2.13. The lowest BCUT2D eigenvalue weighted by Gasteiger charge is -2.08. The number of aromatic nitrogens is 3. The quantitative estimate of drug-likeness (QED) is 0.694. The van der Waals surface area contributed by atoms with Crippen molar-refractivity contribution in [3.8, 4) is 11.4 Å². The number of carbonyl (C=O) groups excluding carboxylic acids is 1. The molecular formula is C20H22N4O2. The molecular weight excluding hydrogens is 328 g/mol. The third-order valence-electron chi connectivity index (χ3n) is 4.07. The Morgan fingerprint density at radius 3 is 2.27 bits per heavy atom. The van der Waals surface area contributed by atoms with E-state index >= 15 is 0 Å². The lowest BCUT2D eigenvalue weighted by Crippen LogP contribution is -2.29. The topological polar surface area (TPSA) is 69.0 Å². The number of rotatable bonds is 6. The summed E-state index contributed by atoms with van der Waals surface area (Å²) in [7, 11) is 0. The highest BCUT2D eigenvalue weighted by atomic mass is 16.5. The van der Waals surface area contributed by atoms with Crippen LogP contribution in [0.5, 0.6) is 5.75 Å². The maximum absolute atomic E-state index is 12.3. The van der Waals surface area contributed by atoms with Gasteiger partial charge in [-0.3, -0.25) is 4.79 Å². The molecule has 134 valence electrons. The van der Waals surface area contributed by atoms with Crippen LogP contribution in [0.2, 0.25) is 0 Å². The Balaban J connectivity index is 1.56. The third kappa shape index (κ3) is 4.08. The summed E-state index contributed by atoms with van der Waals surface area (Å²) >= 11 is 0.